The number of hydrogen-bond donors (Lipinski definition) is 2. The largest absolute Gasteiger partial charge is 0.488 e. The maximum absolute atomic E-state index is 13.9. The number of benzene rings is 3. The number of ether oxygens (including phenoxy) is 1. The summed E-state index contributed by atoms with van der Waals surface area (Å²) in [7, 11) is 0. The van der Waals surface area contributed by atoms with Crippen molar-refractivity contribution >= 4 is 29.6 Å². The Morgan fingerprint density at radius 1 is 1.03 bits per heavy atom. The van der Waals surface area contributed by atoms with Crippen LogP contribution in [0.25, 0.3) is 0 Å². The molecule has 0 saturated carbocycles. The summed E-state index contributed by atoms with van der Waals surface area (Å²) in [4.78, 5) is 25.1. The van der Waals surface area contributed by atoms with Crippen LogP contribution in [0.4, 0.5) is 4.39 Å². The Kier molecular flexibility index (Phi) is 8.76. The van der Waals surface area contributed by atoms with Gasteiger partial charge in [-0.2, -0.15) is 5.10 Å². The molecule has 3 aromatic rings. The Morgan fingerprint density at radius 3 is 2.41 bits per heavy atom. The highest BCUT2D eigenvalue weighted by molar-refractivity contribution is 6.30. The third-order valence-corrected chi connectivity index (χ3v) is 5.21. The molecule has 2 N–H and O–H groups in total. The molecule has 3 aromatic carbocycles. The molecule has 0 aliphatic rings. The molecule has 1 unspecified atom stereocenters. The molecule has 0 bridgehead atoms. The maximum Gasteiger partial charge on any atom is 0.262 e. The summed E-state index contributed by atoms with van der Waals surface area (Å²) in [6.07, 6.45) is 1.46. The van der Waals surface area contributed by atoms with E-state index < -0.39 is 23.7 Å². The Morgan fingerprint density at radius 2 is 1.71 bits per heavy atom. The number of hydrazone groups is 1. The zero-order valence-electron chi connectivity index (χ0n) is 18.8. The SMILES string of the molecule is CC(C)C(NC(=O)c1ccccc1F)C(=O)N/N=C/c1ccccc1OCc1ccc(Cl)cc1. The molecule has 8 heteroatoms. The minimum absolute atomic E-state index is 0.129. The van der Waals surface area contributed by atoms with Crippen LogP contribution < -0.4 is 15.5 Å². The highest BCUT2D eigenvalue weighted by Crippen LogP contribution is 2.18. The molecule has 1 atom stereocenters. The quantitative estimate of drug-likeness (QED) is 0.335. The van der Waals surface area contributed by atoms with Crippen LogP contribution in [0.15, 0.2) is 77.9 Å². The van der Waals surface area contributed by atoms with E-state index in [1.807, 2.05) is 24.3 Å². The first-order valence-corrected chi connectivity index (χ1v) is 11.1. The second kappa shape index (κ2) is 12.0. The fraction of sp³-hybridized carbons (Fsp3) is 0.192. The minimum Gasteiger partial charge on any atom is -0.488 e. The van der Waals surface area contributed by atoms with Gasteiger partial charge in [0.05, 0.1) is 11.8 Å². The molecular formula is C26H25ClFN3O3. The van der Waals surface area contributed by atoms with Crippen molar-refractivity contribution in [2.75, 3.05) is 0 Å². The standard InChI is InChI=1S/C26H25ClFN3O3/c1-17(2)24(30-25(32)21-8-4-5-9-22(21)28)26(33)31-29-15-19-7-3-6-10-23(19)34-16-18-11-13-20(27)14-12-18/h3-15,17,24H,16H2,1-2H3,(H,30,32)(H,31,33)/b29-15+. The summed E-state index contributed by atoms with van der Waals surface area (Å²) in [5.41, 5.74) is 3.93. The molecular weight excluding hydrogens is 457 g/mol. The number of carbonyl (C=O) groups excluding carboxylic acids is 2. The molecule has 0 heterocycles. The summed E-state index contributed by atoms with van der Waals surface area (Å²) >= 11 is 5.91. The molecule has 2 amide bonds. The zero-order valence-corrected chi connectivity index (χ0v) is 19.6. The molecule has 0 saturated heterocycles. The lowest BCUT2D eigenvalue weighted by Crippen LogP contribution is -2.48. The average Bonchev–Trinajstić information content (AvgIpc) is 2.82. The minimum atomic E-state index is -0.902. The number of amides is 2. The van der Waals surface area contributed by atoms with E-state index in [0.717, 1.165) is 5.56 Å². The van der Waals surface area contributed by atoms with Gasteiger partial charge in [-0.25, -0.2) is 9.82 Å². The molecule has 6 nitrogen and oxygen atoms in total. The van der Waals surface area contributed by atoms with Gasteiger partial charge in [0.1, 0.15) is 24.2 Å². The van der Waals surface area contributed by atoms with E-state index in [-0.39, 0.29) is 11.5 Å². The van der Waals surface area contributed by atoms with Crippen LogP contribution in [-0.2, 0) is 11.4 Å². The van der Waals surface area contributed by atoms with Gasteiger partial charge in [0, 0.05) is 10.6 Å². The van der Waals surface area contributed by atoms with Crippen LogP contribution in [0.1, 0.15) is 35.3 Å². The van der Waals surface area contributed by atoms with Crippen LogP contribution in [0.3, 0.4) is 0 Å². The number of rotatable bonds is 9. The first-order chi connectivity index (χ1) is 16.3. The van der Waals surface area contributed by atoms with Crippen LogP contribution in [0.2, 0.25) is 5.02 Å². The van der Waals surface area contributed by atoms with E-state index >= 15 is 0 Å². The second-order valence-corrected chi connectivity index (χ2v) is 8.30. The summed E-state index contributed by atoms with van der Waals surface area (Å²) in [6.45, 7) is 3.89. The molecule has 3 rings (SSSR count). The van der Waals surface area contributed by atoms with Gasteiger partial charge in [-0.05, 0) is 47.9 Å². The number of nitrogens with zero attached hydrogens (tertiary/aromatic N) is 1. The van der Waals surface area contributed by atoms with Gasteiger partial charge in [-0.3, -0.25) is 9.59 Å². The predicted molar refractivity (Wildman–Crippen MR) is 130 cm³/mol. The molecule has 0 aromatic heterocycles. The van der Waals surface area contributed by atoms with E-state index in [0.29, 0.717) is 22.9 Å². The second-order valence-electron chi connectivity index (χ2n) is 7.86. The average molecular weight is 482 g/mol. The number of para-hydroxylation sites is 1. The lowest BCUT2D eigenvalue weighted by molar-refractivity contribution is -0.123. The van der Waals surface area contributed by atoms with Crippen molar-refractivity contribution in [2.24, 2.45) is 11.0 Å². The monoisotopic (exact) mass is 481 g/mol. The number of halogens is 2. The topological polar surface area (TPSA) is 79.8 Å². The molecule has 0 spiro atoms. The maximum atomic E-state index is 13.9. The van der Waals surface area contributed by atoms with Crippen molar-refractivity contribution in [3.8, 4) is 5.75 Å². The van der Waals surface area contributed by atoms with Gasteiger partial charge in [0.25, 0.3) is 11.8 Å². The smallest absolute Gasteiger partial charge is 0.262 e. The highest BCUT2D eigenvalue weighted by Gasteiger charge is 2.25. The zero-order chi connectivity index (χ0) is 24.5. The third kappa shape index (κ3) is 6.89. The van der Waals surface area contributed by atoms with Gasteiger partial charge < -0.3 is 10.1 Å². The number of hydrogen-bond acceptors (Lipinski definition) is 4. The third-order valence-electron chi connectivity index (χ3n) is 4.96. The molecule has 34 heavy (non-hydrogen) atoms. The summed E-state index contributed by atoms with van der Waals surface area (Å²) in [5, 5.41) is 7.25. The number of nitrogens with one attached hydrogen (secondary N) is 2. The Hall–Kier alpha value is -3.71. The first kappa shape index (κ1) is 24.9. The van der Waals surface area contributed by atoms with E-state index in [4.69, 9.17) is 16.3 Å². The lowest BCUT2D eigenvalue weighted by Gasteiger charge is -2.20. The molecule has 0 radical (unpaired) electrons. The normalized spacial score (nSPS) is 11.9. The molecule has 0 aliphatic carbocycles. The van der Waals surface area contributed by atoms with E-state index in [2.05, 4.69) is 15.8 Å². The van der Waals surface area contributed by atoms with Gasteiger partial charge in [0.2, 0.25) is 0 Å². The van der Waals surface area contributed by atoms with Crippen LogP contribution in [0, 0.1) is 11.7 Å². The molecule has 0 aliphatic heterocycles. The van der Waals surface area contributed by atoms with Crippen molar-refractivity contribution in [2.45, 2.75) is 26.5 Å². The number of carbonyl (C=O) groups is 2. The van der Waals surface area contributed by atoms with E-state index in [1.165, 1.54) is 24.4 Å². The molecule has 0 fully saturated rings. The lowest BCUT2D eigenvalue weighted by atomic mass is 10.0. The van der Waals surface area contributed by atoms with Gasteiger partial charge in [0.15, 0.2) is 0 Å². The Labute approximate surface area is 202 Å². The van der Waals surface area contributed by atoms with Gasteiger partial charge in [-0.1, -0.05) is 61.8 Å². The Bertz CT molecular complexity index is 1170. The highest BCUT2D eigenvalue weighted by atomic mass is 35.5. The van der Waals surface area contributed by atoms with E-state index in [9.17, 15) is 14.0 Å². The fourth-order valence-electron chi connectivity index (χ4n) is 3.09. The van der Waals surface area contributed by atoms with Gasteiger partial charge >= 0.3 is 0 Å². The first-order valence-electron chi connectivity index (χ1n) is 10.7. The summed E-state index contributed by atoms with van der Waals surface area (Å²) < 4.78 is 19.8. The van der Waals surface area contributed by atoms with Crippen molar-refractivity contribution < 1.29 is 18.7 Å². The summed E-state index contributed by atoms with van der Waals surface area (Å²) in [5.74, 6) is -1.51. The van der Waals surface area contributed by atoms with Crippen LogP contribution in [0.5, 0.6) is 5.75 Å². The van der Waals surface area contributed by atoms with Crippen molar-refractivity contribution in [1.82, 2.24) is 10.7 Å². The van der Waals surface area contributed by atoms with Crippen molar-refractivity contribution in [3.05, 3.63) is 100 Å². The van der Waals surface area contributed by atoms with E-state index in [1.54, 1.807) is 44.2 Å². The van der Waals surface area contributed by atoms with Crippen LogP contribution >= 0.6 is 11.6 Å². The Balaban J connectivity index is 1.63. The molecule has 176 valence electrons. The van der Waals surface area contributed by atoms with Crippen molar-refractivity contribution in [1.29, 1.82) is 0 Å². The van der Waals surface area contributed by atoms with Gasteiger partial charge in [-0.15, -0.1) is 0 Å². The predicted octanol–water partition coefficient (Wildman–Crippen LogP) is 4.96. The summed E-state index contributed by atoms with van der Waals surface area (Å²) in [6, 6.07) is 19.3. The van der Waals surface area contributed by atoms with Crippen molar-refractivity contribution in [3.63, 3.8) is 0 Å². The van der Waals surface area contributed by atoms with Crippen LogP contribution in [-0.4, -0.2) is 24.1 Å². The fourth-order valence-corrected chi connectivity index (χ4v) is 3.22.